The van der Waals surface area contributed by atoms with Crippen LogP contribution in [0.2, 0.25) is 0 Å². The number of ether oxygens (including phenoxy) is 3. The van der Waals surface area contributed by atoms with Gasteiger partial charge in [0, 0.05) is 19.3 Å². The van der Waals surface area contributed by atoms with E-state index in [1.165, 1.54) is 116 Å². The number of carbonyl (C=O) groups is 3. The van der Waals surface area contributed by atoms with E-state index in [0.29, 0.717) is 19.3 Å². The Morgan fingerprint density at radius 3 is 0.964 bits per heavy atom. The molecule has 0 saturated heterocycles. The number of rotatable bonds is 43. The molecule has 6 heteroatoms. The lowest BCUT2D eigenvalue weighted by Crippen LogP contribution is -2.30. The fourth-order valence-electron chi connectivity index (χ4n) is 6.67. The number of esters is 3. The van der Waals surface area contributed by atoms with Crippen LogP contribution >= 0.6 is 0 Å². The molecule has 0 N–H and O–H groups in total. The molecule has 326 valence electrons. The standard InChI is InChI=1S/C50H90O6/c1-4-7-10-13-16-19-22-24-26-28-31-34-37-40-43-49(52)55-46-47(45-54-48(51)42-39-36-33-30-21-18-15-12-9-6-3)56-50(53)44-41-38-35-32-29-27-25-23-20-17-14-11-8-5-2/h12,15,22-25,47H,4-11,13-14,16-21,26-46H2,1-3H3/b15-12-,24-22-,25-23-. The summed E-state index contributed by atoms with van der Waals surface area (Å²) < 4.78 is 16.7. The largest absolute Gasteiger partial charge is 0.462 e. The smallest absolute Gasteiger partial charge is 0.306 e. The topological polar surface area (TPSA) is 78.9 Å². The van der Waals surface area contributed by atoms with E-state index >= 15 is 0 Å². The summed E-state index contributed by atoms with van der Waals surface area (Å²) in [4.78, 5) is 37.8. The van der Waals surface area contributed by atoms with E-state index in [4.69, 9.17) is 14.2 Å². The summed E-state index contributed by atoms with van der Waals surface area (Å²) in [6.07, 6.45) is 51.2. The summed E-state index contributed by atoms with van der Waals surface area (Å²) in [5.74, 6) is -0.906. The highest BCUT2D eigenvalue weighted by Gasteiger charge is 2.19. The van der Waals surface area contributed by atoms with E-state index in [-0.39, 0.29) is 31.1 Å². The number of allylic oxidation sites excluding steroid dienone is 6. The Morgan fingerprint density at radius 2 is 0.625 bits per heavy atom. The van der Waals surface area contributed by atoms with E-state index in [1.807, 2.05) is 0 Å². The van der Waals surface area contributed by atoms with Crippen LogP contribution in [0.5, 0.6) is 0 Å². The zero-order valence-electron chi connectivity index (χ0n) is 37.2. The summed E-state index contributed by atoms with van der Waals surface area (Å²) in [5.41, 5.74) is 0. The van der Waals surface area contributed by atoms with Crippen molar-refractivity contribution in [3.63, 3.8) is 0 Å². The Bertz CT molecular complexity index is 953. The molecule has 0 aliphatic heterocycles. The maximum absolute atomic E-state index is 12.7. The maximum Gasteiger partial charge on any atom is 0.306 e. The van der Waals surface area contributed by atoms with Gasteiger partial charge in [-0.05, 0) is 89.9 Å². The Kier molecular flexibility index (Phi) is 43.4. The minimum atomic E-state index is -0.779. The molecule has 0 amide bonds. The lowest BCUT2D eigenvalue weighted by molar-refractivity contribution is -0.167. The third kappa shape index (κ3) is 42.8. The molecule has 0 heterocycles. The monoisotopic (exact) mass is 787 g/mol. The zero-order valence-corrected chi connectivity index (χ0v) is 37.2. The number of hydrogen-bond acceptors (Lipinski definition) is 6. The Hall–Kier alpha value is -2.37. The first-order valence-electron chi connectivity index (χ1n) is 24.0. The van der Waals surface area contributed by atoms with Crippen LogP contribution in [0.3, 0.4) is 0 Å². The normalized spacial score (nSPS) is 12.3. The third-order valence-electron chi connectivity index (χ3n) is 10.3. The molecule has 0 fully saturated rings. The van der Waals surface area contributed by atoms with Crippen molar-refractivity contribution in [2.24, 2.45) is 0 Å². The quantitative estimate of drug-likeness (QED) is 0.0265. The maximum atomic E-state index is 12.7. The van der Waals surface area contributed by atoms with Crippen molar-refractivity contribution in [2.75, 3.05) is 13.2 Å². The van der Waals surface area contributed by atoms with Gasteiger partial charge in [0.15, 0.2) is 6.10 Å². The first-order valence-corrected chi connectivity index (χ1v) is 24.0. The molecule has 0 rings (SSSR count). The Labute approximate surface area is 346 Å². The van der Waals surface area contributed by atoms with Crippen LogP contribution < -0.4 is 0 Å². The lowest BCUT2D eigenvalue weighted by Gasteiger charge is -2.18. The van der Waals surface area contributed by atoms with Crippen LogP contribution in [0.4, 0.5) is 0 Å². The van der Waals surface area contributed by atoms with Gasteiger partial charge in [-0.2, -0.15) is 0 Å². The van der Waals surface area contributed by atoms with Crippen LogP contribution in [0.15, 0.2) is 36.5 Å². The molecule has 0 bridgehead atoms. The SMILES string of the molecule is CCC/C=C\CCCCCCCC(=O)OCC(COC(=O)CCCCCCC/C=C\CCCCCCC)OC(=O)CCCCCCC/C=C\CCCCCCC. The molecule has 0 aliphatic carbocycles. The molecular weight excluding hydrogens is 697 g/mol. The molecule has 0 aliphatic rings. The average Bonchev–Trinajstić information content (AvgIpc) is 3.19. The van der Waals surface area contributed by atoms with Crippen LogP contribution in [-0.2, 0) is 28.6 Å². The molecular formula is C50H90O6. The van der Waals surface area contributed by atoms with Gasteiger partial charge in [0.1, 0.15) is 13.2 Å². The molecule has 0 aromatic heterocycles. The summed E-state index contributed by atoms with van der Waals surface area (Å²) in [6, 6.07) is 0. The molecule has 0 aromatic rings. The predicted molar refractivity (Wildman–Crippen MR) is 238 cm³/mol. The van der Waals surface area contributed by atoms with Crippen molar-refractivity contribution in [3.05, 3.63) is 36.5 Å². The fourth-order valence-corrected chi connectivity index (χ4v) is 6.67. The van der Waals surface area contributed by atoms with Gasteiger partial charge < -0.3 is 14.2 Å². The number of hydrogen-bond donors (Lipinski definition) is 0. The Morgan fingerprint density at radius 1 is 0.339 bits per heavy atom. The fraction of sp³-hybridized carbons (Fsp3) is 0.820. The molecule has 0 spiro atoms. The van der Waals surface area contributed by atoms with Gasteiger partial charge >= 0.3 is 17.9 Å². The van der Waals surface area contributed by atoms with Crippen molar-refractivity contribution in [2.45, 2.75) is 252 Å². The summed E-state index contributed by atoms with van der Waals surface area (Å²) >= 11 is 0. The highest BCUT2D eigenvalue weighted by atomic mass is 16.6. The van der Waals surface area contributed by atoms with E-state index < -0.39 is 6.10 Å². The lowest BCUT2D eigenvalue weighted by atomic mass is 10.1. The van der Waals surface area contributed by atoms with Gasteiger partial charge in [0.25, 0.3) is 0 Å². The molecule has 1 atom stereocenters. The summed E-state index contributed by atoms with van der Waals surface area (Å²) in [7, 11) is 0. The second kappa shape index (κ2) is 45.3. The van der Waals surface area contributed by atoms with Gasteiger partial charge in [-0.1, -0.05) is 173 Å². The van der Waals surface area contributed by atoms with Crippen molar-refractivity contribution in [1.82, 2.24) is 0 Å². The van der Waals surface area contributed by atoms with Crippen molar-refractivity contribution >= 4 is 17.9 Å². The van der Waals surface area contributed by atoms with Crippen molar-refractivity contribution in [3.8, 4) is 0 Å². The van der Waals surface area contributed by atoms with Crippen LogP contribution in [-0.4, -0.2) is 37.2 Å². The number of carbonyl (C=O) groups excluding carboxylic acids is 3. The predicted octanol–water partition coefficient (Wildman–Crippen LogP) is 15.4. The second-order valence-electron chi connectivity index (χ2n) is 16.0. The average molecular weight is 787 g/mol. The van der Waals surface area contributed by atoms with Gasteiger partial charge in [-0.15, -0.1) is 0 Å². The van der Waals surface area contributed by atoms with E-state index in [2.05, 4.69) is 57.2 Å². The van der Waals surface area contributed by atoms with E-state index in [0.717, 1.165) is 89.9 Å². The van der Waals surface area contributed by atoms with Crippen molar-refractivity contribution < 1.29 is 28.6 Å². The van der Waals surface area contributed by atoms with Gasteiger partial charge in [-0.25, -0.2) is 0 Å². The first kappa shape index (κ1) is 53.6. The van der Waals surface area contributed by atoms with E-state index in [1.54, 1.807) is 0 Å². The van der Waals surface area contributed by atoms with Gasteiger partial charge in [0.05, 0.1) is 0 Å². The molecule has 6 nitrogen and oxygen atoms in total. The summed E-state index contributed by atoms with van der Waals surface area (Å²) in [6.45, 7) is 6.54. The van der Waals surface area contributed by atoms with Gasteiger partial charge in [0.2, 0.25) is 0 Å². The van der Waals surface area contributed by atoms with Crippen LogP contribution in [0, 0.1) is 0 Å². The molecule has 56 heavy (non-hydrogen) atoms. The van der Waals surface area contributed by atoms with Gasteiger partial charge in [-0.3, -0.25) is 14.4 Å². The molecule has 0 radical (unpaired) electrons. The third-order valence-corrected chi connectivity index (χ3v) is 10.3. The first-order chi connectivity index (χ1) is 27.5. The molecule has 0 aromatic carbocycles. The minimum Gasteiger partial charge on any atom is -0.462 e. The molecule has 0 saturated carbocycles. The van der Waals surface area contributed by atoms with Crippen molar-refractivity contribution in [1.29, 1.82) is 0 Å². The molecule has 1 unspecified atom stereocenters. The number of unbranched alkanes of at least 4 members (excludes halogenated alkanes) is 26. The van der Waals surface area contributed by atoms with Crippen LogP contribution in [0.1, 0.15) is 245 Å². The zero-order chi connectivity index (χ0) is 40.8. The summed E-state index contributed by atoms with van der Waals surface area (Å²) in [5, 5.41) is 0. The van der Waals surface area contributed by atoms with Crippen LogP contribution in [0.25, 0.3) is 0 Å². The second-order valence-corrected chi connectivity index (χ2v) is 16.0. The minimum absolute atomic E-state index is 0.0816. The highest BCUT2D eigenvalue weighted by Crippen LogP contribution is 2.14. The van der Waals surface area contributed by atoms with E-state index in [9.17, 15) is 14.4 Å². The highest BCUT2D eigenvalue weighted by molar-refractivity contribution is 5.71. The Balaban J connectivity index is 4.38.